The molecule has 21 heavy (non-hydrogen) atoms. The fourth-order valence-corrected chi connectivity index (χ4v) is 5.08. The standard InChI is InChI=1S/C18H25Cl2N/c1-2-21-15(10-14-9-12-6-7-13(14)8-12)11-16-17(19)4-3-5-18(16)20/h3-5,12-15,21H,2,6-11H2,1H3. The van der Waals surface area contributed by atoms with Crippen molar-refractivity contribution in [3.63, 3.8) is 0 Å². The summed E-state index contributed by atoms with van der Waals surface area (Å²) in [6.07, 6.45) is 8.08. The lowest BCUT2D eigenvalue weighted by molar-refractivity contribution is 0.278. The molecule has 2 aliphatic carbocycles. The summed E-state index contributed by atoms with van der Waals surface area (Å²) in [5, 5.41) is 5.26. The van der Waals surface area contributed by atoms with Gasteiger partial charge < -0.3 is 5.32 Å². The molecule has 4 atom stereocenters. The Bertz CT molecular complexity index is 468. The molecule has 0 amide bonds. The fraction of sp³-hybridized carbons (Fsp3) is 0.667. The van der Waals surface area contributed by atoms with Gasteiger partial charge in [0.15, 0.2) is 0 Å². The molecular weight excluding hydrogens is 301 g/mol. The van der Waals surface area contributed by atoms with Crippen LogP contribution in [-0.4, -0.2) is 12.6 Å². The Kier molecular flexibility index (Phi) is 5.14. The molecule has 3 heteroatoms. The molecule has 0 saturated heterocycles. The summed E-state index contributed by atoms with van der Waals surface area (Å²) >= 11 is 12.7. The van der Waals surface area contributed by atoms with Crippen molar-refractivity contribution in [3.05, 3.63) is 33.8 Å². The zero-order valence-electron chi connectivity index (χ0n) is 12.7. The summed E-state index contributed by atoms with van der Waals surface area (Å²) in [6.45, 7) is 3.19. The Morgan fingerprint density at radius 1 is 1.19 bits per heavy atom. The monoisotopic (exact) mass is 325 g/mol. The largest absolute Gasteiger partial charge is 0.314 e. The third kappa shape index (κ3) is 3.57. The van der Waals surface area contributed by atoms with Crippen LogP contribution in [0.2, 0.25) is 10.0 Å². The summed E-state index contributed by atoms with van der Waals surface area (Å²) < 4.78 is 0. The van der Waals surface area contributed by atoms with Gasteiger partial charge in [0.25, 0.3) is 0 Å². The van der Waals surface area contributed by atoms with Gasteiger partial charge in [-0.2, -0.15) is 0 Å². The van der Waals surface area contributed by atoms with Crippen molar-refractivity contribution in [1.29, 1.82) is 0 Å². The molecule has 1 nitrogen and oxygen atoms in total. The smallest absolute Gasteiger partial charge is 0.0453 e. The van der Waals surface area contributed by atoms with E-state index in [1.54, 1.807) is 0 Å². The minimum atomic E-state index is 0.497. The number of likely N-dealkylation sites (N-methyl/N-ethyl adjacent to an activating group) is 1. The van der Waals surface area contributed by atoms with E-state index in [1.807, 2.05) is 18.2 Å². The summed E-state index contributed by atoms with van der Waals surface area (Å²) in [6, 6.07) is 6.32. The van der Waals surface area contributed by atoms with Crippen LogP contribution in [0.15, 0.2) is 18.2 Å². The summed E-state index contributed by atoms with van der Waals surface area (Å²) in [4.78, 5) is 0. The van der Waals surface area contributed by atoms with Crippen LogP contribution in [0.4, 0.5) is 0 Å². The summed E-state index contributed by atoms with van der Waals surface area (Å²) in [7, 11) is 0. The van der Waals surface area contributed by atoms with Crippen LogP contribution in [0.5, 0.6) is 0 Å². The van der Waals surface area contributed by atoms with E-state index in [4.69, 9.17) is 23.2 Å². The predicted octanol–water partition coefficient (Wildman–Crippen LogP) is 5.34. The normalized spacial score (nSPS) is 29.0. The lowest BCUT2D eigenvalue weighted by Crippen LogP contribution is -2.34. The number of hydrogen-bond acceptors (Lipinski definition) is 1. The number of nitrogens with one attached hydrogen (secondary N) is 1. The average Bonchev–Trinajstić information content (AvgIpc) is 3.05. The maximum Gasteiger partial charge on any atom is 0.0453 e. The lowest BCUT2D eigenvalue weighted by atomic mass is 9.83. The number of benzene rings is 1. The van der Waals surface area contributed by atoms with Gasteiger partial charge >= 0.3 is 0 Å². The summed E-state index contributed by atoms with van der Waals surface area (Å²) in [5.74, 6) is 2.91. The zero-order valence-corrected chi connectivity index (χ0v) is 14.3. The minimum Gasteiger partial charge on any atom is -0.314 e. The first-order valence-corrected chi connectivity index (χ1v) is 9.09. The van der Waals surface area contributed by atoms with Crippen LogP contribution in [-0.2, 0) is 6.42 Å². The highest BCUT2D eigenvalue weighted by atomic mass is 35.5. The van der Waals surface area contributed by atoms with Crippen molar-refractivity contribution in [3.8, 4) is 0 Å². The molecule has 1 aromatic carbocycles. The molecule has 1 N–H and O–H groups in total. The number of fused-ring (bicyclic) bond motifs is 2. The average molecular weight is 326 g/mol. The third-order valence-corrected chi connectivity index (χ3v) is 6.19. The molecule has 0 spiro atoms. The van der Waals surface area contributed by atoms with E-state index in [0.29, 0.717) is 6.04 Å². The molecule has 3 rings (SSSR count). The number of rotatable bonds is 6. The molecule has 1 aromatic rings. The number of halogens is 2. The van der Waals surface area contributed by atoms with Gasteiger partial charge in [0.05, 0.1) is 0 Å². The van der Waals surface area contributed by atoms with Crippen LogP contribution >= 0.6 is 23.2 Å². The van der Waals surface area contributed by atoms with Gasteiger partial charge in [-0.05, 0) is 74.1 Å². The molecule has 2 saturated carbocycles. The molecule has 2 aliphatic rings. The second-order valence-electron chi connectivity index (χ2n) is 6.83. The van der Waals surface area contributed by atoms with Crippen LogP contribution in [0.25, 0.3) is 0 Å². The van der Waals surface area contributed by atoms with Crippen molar-refractivity contribution < 1.29 is 0 Å². The fourth-order valence-electron chi connectivity index (χ4n) is 4.53. The molecule has 0 aromatic heterocycles. The predicted molar refractivity (Wildman–Crippen MR) is 91.2 cm³/mol. The van der Waals surface area contributed by atoms with Crippen molar-refractivity contribution in [2.75, 3.05) is 6.54 Å². The van der Waals surface area contributed by atoms with Crippen molar-refractivity contribution >= 4 is 23.2 Å². The van der Waals surface area contributed by atoms with Gasteiger partial charge in [-0.25, -0.2) is 0 Å². The molecule has 0 radical (unpaired) electrons. The molecule has 116 valence electrons. The lowest BCUT2D eigenvalue weighted by Gasteiger charge is -2.27. The summed E-state index contributed by atoms with van der Waals surface area (Å²) in [5.41, 5.74) is 1.11. The maximum absolute atomic E-state index is 6.34. The SMILES string of the molecule is CCNC(Cc1c(Cl)cccc1Cl)CC1CC2CCC1C2. The molecule has 2 bridgehead atoms. The molecule has 0 heterocycles. The van der Waals surface area contributed by atoms with E-state index in [1.165, 1.54) is 32.1 Å². The highest BCUT2D eigenvalue weighted by Crippen LogP contribution is 2.50. The highest BCUT2D eigenvalue weighted by molar-refractivity contribution is 6.36. The Balaban J connectivity index is 1.67. The Hall–Kier alpha value is -0.240. The van der Waals surface area contributed by atoms with Crippen LogP contribution < -0.4 is 5.32 Å². The van der Waals surface area contributed by atoms with Crippen molar-refractivity contribution in [2.24, 2.45) is 17.8 Å². The van der Waals surface area contributed by atoms with E-state index >= 15 is 0 Å². The van der Waals surface area contributed by atoms with Crippen LogP contribution in [0.3, 0.4) is 0 Å². The van der Waals surface area contributed by atoms with Crippen LogP contribution in [0.1, 0.15) is 44.6 Å². The first-order valence-electron chi connectivity index (χ1n) is 8.33. The minimum absolute atomic E-state index is 0.497. The van der Waals surface area contributed by atoms with Gasteiger partial charge in [0.1, 0.15) is 0 Å². The molecular formula is C18H25Cl2N. The van der Waals surface area contributed by atoms with Crippen molar-refractivity contribution in [1.82, 2.24) is 5.32 Å². The van der Waals surface area contributed by atoms with Gasteiger partial charge in [0, 0.05) is 16.1 Å². The maximum atomic E-state index is 6.34. The second kappa shape index (κ2) is 6.89. The van der Waals surface area contributed by atoms with Gasteiger partial charge in [0.2, 0.25) is 0 Å². The van der Waals surface area contributed by atoms with E-state index in [0.717, 1.165) is 46.3 Å². The van der Waals surface area contributed by atoms with E-state index in [9.17, 15) is 0 Å². The Labute approximate surface area is 138 Å². The number of hydrogen-bond donors (Lipinski definition) is 1. The molecule has 4 unspecified atom stereocenters. The second-order valence-corrected chi connectivity index (χ2v) is 7.64. The van der Waals surface area contributed by atoms with Crippen LogP contribution in [0, 0.1) is 17.8 Å². The Morgan fingerprint density at radius 3 is 2.52 bits per heavy atom. The van der Waals surface area contributed by atoms with Crippen molar-refractivity contribution in [2.45, 2.75) is 51.5 Å². The third-order valence-electron chi connectivity index (χ3n) is 5.48. The quantitative estimate of drug-likeness (QED) is 0.744. The van der Waals surface area contributed by atoms with E-state index in [-0.39, 0.29) is 0 Å². The molecule has 2 fully saturated rings. The van der Waals surface area contributed by atoms with Gasteiger partial charge in [-0.15, -0.1) is 0 Å². The first kappa shape index (κ1) is 15.6. The van der Waals surface area contributed by atoms with E-state index < -0.39 is 0 Å². The van der Waals surface area contributed by atoms with Gasteiger partial charge in [-0.3, -0.25) is 0 Å². The molecule has 0 aliphatic heterocycles. The van der Waals surface area contributed by atoms with E-state index in [2.05, 4.69) is 12.2 Å². The highest BCUT2D eigenvalue weighted by Gasteiger charge is 2.40. The Morgan fingerprint density at radius 2 is 1.95 bits per heavy atom. The zero-order chi connectivity index (χ0) is 14.8. The first-order chi connectivity index (χ1) is 10.2. The van der Waals surface area contributed by atoms with Gasteiger partial charge in [-0.1, -0.05) is 42.6 Å². The topological polar surface area (TPSA) is 12.0 Å².